The molecule has 0 aromatic heterocycles. The number of nitrogens with one attached hydrogen (secondary N) is 1. The Hall–Kier alpha value is -1.07. The quantitative estimate of drug-likeness (QED) is 0.877. The first-order valence-corrected chi connectivity index (χ1v) is 9.52. The maximum atomic E-state index is 11.4. The fraction of sp³-hybridized carbons (Fsp3) is 0.625. The van der Waals surface area contributed by atoms with Crippen LogP contribution in [-0.2, 0) is 9.84 Å². The lowest BCUT2D eigenvalue weighted by Gasteiger charge is -2.24. The van der Waals surface area contributed by atoms with Gasteiger partial charge in [-0.3, -0.25) is 0 Å². The van der Waals surface area contributed by atoms with Crippen LogP contribution in [0.25, 0.3) is 0 Å². The zero-order valence-electron chi connectivity index (χ0n) is 12.8. The van der Waals surface area contributed by atoms with Crippen molar-refractivity contribution in [3.63, 3.8) is 0 Å². The molecule has 1 aromatic rings. The van der Waals surface area contributed by atoms with E-state index in [9.17, 15) is 8.42 Å². The van der Waals surface area contributed by atoms with Gasteiger partial charge in [0.15, 0.2) is 9.84 Å². The second-order valence-corrected chi connectivity index (χ2v) is 7.96. The van der Waals surface area contributed by atoms with Gasteiger partial charge in [-0.15, -0.1) is 0 Å². The van der Waals surface area contributed by atoms with E-state index in [1.807, 2.05) is 0 Å². The standard InChI is InChI=1S/C16H25NO3S/c1-13(3-4-14-9-11-17-12-10-14)20-15-5-7-16(8-6-15)21(2,18)19/h5-8,13-14,17H,3-4,9-12H2,1-2H3/t13-/m1/s1. The zero-order valence-corrected chi connectivity index (χ0v) is 13.7. The van der Waals surface area contributed by atoms with Crippen molar-refractivity contribution in [2.24, 2.45) is 5.92 Å². The minimum Gasteiger partial charge on any atom is -0.491 e. The average Bonchev–Trinajstić information content (AvgIpc) is 2.46. The summed E-state index contributed by atoms with van der Waals surface area (Å²) in [5, 5.41) is 3.38. The lowest BCUT2D eigenvalue weighted by Crippen LogP contribution is -2.28. The van der Waals surface area contributed by atoms with E-state index < -0.39 is 9.84 Å². The Labute approximate surface area is 127 Å². The number of hydrogen-bond acceptors (Lipinski definition) is 4. The van der Waals surface area contributed by atoms with Crippen LogP contribution >= 0.6 is 0 Å². The van der Waals surface area contributed by atoms with Crippen molar-refractivity contribution < 1.29 is 13.2 Å². The van der Waals surface area contributed by atoms with Gasteiger partial charge in [-0.2, -0.15) is 0 Å². The van der Waals surface area contributed by atoms with Gasteiger partial charge in [-0.05, 0) is 75.9 Å². The second kappa shape index (κ2) is 7.27. The average molecular weight is 311 g/mol. The molecule has 118 valence electrons. The SMILES string of the molecule is C[C@H](CCC1CCNCC1)Oc1ccc(S(C)(=O)=O)cc1. The molecule has 1 saturated heterocycles. The van der Waals surface area contributed by atoms with E-state index in [1.165, 1.54) is 25.5 Å². The molecule has 0 spiro atoms. The smallest absolute Gasteiger partial charge is 0.175 e. The lowest BCUT2D eigenvalue weighted by atomic mass is 9.92. The molecule has 1 aromatic carbocycles. The van der Waals surface area contributed by atoms with Crippen LogP contribution in [0.1, 0.15) is 32.6 Å². The van der Waals surface area contributed by atoms with Gasteiger partial charge in [0.2, 0.25) is 0 Å². The van der Waals surface area contributed by atoms with Gasteiger partial charge in [0.05, 0.1) is 11.0 Å². The number of piperidine rings is 1. The minimum absolute atomic E-state index is 0.156. The monoisotopic (exact) mass is 311 g/mol. The molecule has 0 amide bonds. The Morgan fingerprint density at radius 3 is 2.43 bits per heavy atom. The first-order chi connectivity index (χ1) is 9.95. The second-order valence-electron chi connectivity index (χ2n) is 5.94. The first kappa shape index (κ1) is 16.3. The molecular weight excluding hydrogens is 286 g/mol. The molecule has 0 bridgehead atoms. The van der Waals surface area contributed by atoms with Crippen LogP contribution in [0, 0.1) is 5.92 Å². The van der Waals surface area contributed by atoms with Gasteiger partial charge in [0.25, 0.3) is 0 Å². The maximum Gasteiger partial charge on any atom is 0.175 e. The zero-order chi connectivity index (χ0) is 15.3. The summed E-state index contributed by atoms with van der Waals surface area (Å²) in [6.07, 6.45) is 6.13. The predicted octanol–water partition coefficient (Wildman–Crippen LogP) is 2.64. The van der Waals surface area contributed by atoms with E-state index in [4.69, 9.17) is 4.74 Å². The van der Waals surface area contributed by atoms with Crippen LogP contribution in [0.3, 0.4) is 0 Å². The van der Waals surface area contributed by atoms with E-state index in [0.29, 0.717) is 4.90 Å². The topological polar surface area (TPSA) is 55.4 Å². The third-order valence-corrected chi connectivity index (χ3v) is 5.16. The molecule has 5 heteroatoms. The van der Waals surface area contributed by atoms with Crippen LogP contribution in [0.4, 0.5) is 0 Å². The molecule has 21 heavy (non-hydrogen) atoms. The van der Waals surface area contributed by atoms with Crippen LogP contribution in [-0.4, -0.2) is 33.9 Å². The summed E-state index contributed by atoms with van der Waals surface area (Å²) in [4.78, 5) is 0.331. The Balaban J connectivity index is 1.80. The number of rotatable bonds is 6. The van der Waals surface area contributed by atoms with Gasteiger partial charge < -0.3 is 10.1 Å². The Morgan fingerprint density at radius 1 is 1.24 bits per heavy atom. The molecule has 1 N–H and O–H groups in total. The Kier molecular flexibility index (Phi) is 5.65. The summed E-state index contributed by atoms with van der Waals surface area (Å²) >= 11 is 0. The van der Waals surface area contributed by atoms with E-state index in [2.05, 4.69) is 12.2 Å². The van der Waals surface area contributed by atoms with Crippen molar-refractivity contribution in [1.82, 2.24) is 5.32 Å². The van der Waals surface area contributed by atoms with Crippen LogP contribution in [0.5, 0.6) is 5.75 Å². The molecule has 2 rings (SSSR count). The van der Waals surface area contributed by atoms with Crippen molar-refractivity contribution >= 4 is 9.84 Å². The van der Waals surface area contributed by atoms with E-state index in [0.717, 1.165) is 31.2 Å². The number of hydrogen-bond donors (Lipinski definition) is 1. The minimum atomic E-state index is -3.13. The Bertz CT molecular complexity index is 533. The number of sulfone groups is 1. The number of ether oxygens (including phenoxy) is 1. The molecule has 0 aliphatic carbocycles. The van der Waals surface area contributed by atoms with Gasteiger partial charge >= 0.3 is 0 Å². The summed E-state index contributed by atoms with van der Waals surface area (Å²) in [5.41, 5.74) is 0. The molecule has 0 radical (unpaired) electrons. The lowest BCUT2D eigenvalue weighted by molar-refractivity contribution is 0.192. The molecule has 1 heterocycles. The van der Waals surface area contributed by atoms with Crippen molar-refractivity contribution in [3.05, 3.63) is 24.3 Å². The van der Waals surface area contributed by atoms with Crippen molar-refractivity contribution in [2.45, 2.75) is 43.6 Å². The summed E-state index contributed by atoms with van der Waals surface area (Å²) in [5.74, 6) is 1.55. The Morgan fingerprint density at radius 2 is 1.86 bits per heavy atom. The van der Waals surface area contributed by atoms with Crippen LogP contribution in [0.15, 0.2) is 29.2 Å². The van der Waals surface area contributed by atoms with Gasteiger partial charge in [0.1, 0.15) is 5.75 Å². The predicted molar refractivity (Wildman–Crippen MR) is 84.5 cm³/mol. The molecular formula is C16H25NO3S. The largest absolute Gasteiger partial charge is 0.491 e. The highest BCUT2D eigenvalue weighted by atomic mass is 32.2. The first-order valence-electron chi connectivity index (χ1n) is 7.62. The molecule has 1 aliphatic heterocycles. The molecule has 1 atom stereocenters. The molecule has 1 fully saturated rings. The van der Waals surface area contributed by atoms with Crippen molar-refractivity contribution in [2.75, 3.05) is 19.3 Å². The molecule has 1 aliphatic rings. The van der Waals surface area contributed by atoms with E-state index >= 15 is 0 Å². The normalized spacial score (nSPS) is 18.4. The highest BCUT2D eigenvalue weighted by Crippen LogP contribution is 2.22. The fourth-order valence-corrected chi connectivity index (χ4v) is 3.33. The van der Waals surface area contributed by atoms with Gasteiger partial charge in [-0.25, -0.2) is 8.42 Å². The summed E-state index contributed by atoms with van der Waals surface area (Å²) in [6.45, 7) is 4.34. The highest BCUT2D eigenvalue weighted by molar-refractivity contribution is 7.90. The summed E-state index contributed by atoms with van der Waals surface area (Å²) in [7, 11) is -3.13. The molecule has 0 saturated carbocycles. The summed E-state index contributed by atoms with van der Waals surface area (Å²) < 4.78 is 28.7. The fourth-order valence-electron chi connectivity index (χ4n) is 2.70. The molecule has 0 unspecified atom stereocenters. The van der Waals surface area contributed by atoms with Gasteiger partial charge in [-0.1, -0.05) is 0 Å². The third-order valence-electron chi connectivity index (χ3n) is 4.03. The van der Waals surface area contributed by atoms with E-state index in [-0.39, 0.29) is 6.10 Å². The maximum absolute atomic E-state index is 11.4. The summed E-state index contributed by atoms with van der Waals surface area (Å²) in [6, 6.07) is 6.67. The third kappa shape index (κ3) is 5.32. The highest BCUT2D eigenvalue weighted by Gasteiger charge is 2.15. The number of benzene rings is 1. The van der Waals surface area contributed by atoms with Crippen LogP contribution in [0.2, 0.25) is 0 Å². The van der Waals surface area contributed by atoms with Crippen molar-refractivity contribution in [3.8, 4) is 5.75 Å². The van der Waals surface area contributed by atoms with Gasteiger partial charge in [0, 0.05) is 6.26 Å². The molecule has 4 nitrogen and oxygen atoms in total. The van der Waals surface area contributed by atoms with Crippen molar-refractivity contribution in [1.29, 1.82) is 0 Å². The van der Waals surface area contributed by atoms with Crippen LogP contribution < -0.4 is 10.1 Å². The van der Waals surface area contributed by atoms with E-state index in [1.54, 1.807) is 24.3 Å².